The number of carbonyl (C=O) groups excluding carboxylic acids is 1. The van der Waals surface area contributed by atoms with E-state index in [2.05, 4.69) is 10.3 Å². The van der Waals surface area contributed by atoms with Gasteiger partial charge in [-0.15, -0.1) is 11.3 Å². The molecule has 5 rings (SSSR count). The molecule has 2 heterocycles. The topological polar surface area (TPSA) is 55.6 Å². The first kappa shape index (κ1) is 22.3. The summed E-state index contributed by atoms with van der Waals surface area (Å²) in [7, 11) is 0. The molecule has 3 aromatic carbocycles. The van der Waals surface area contributed by atoms with E-state index in [0.717, 1.165) is 22.9 Å². The lowest BCUT2D eigenvalue weighted by molar-refractivity contribution is -0.118. The Morgan fingerprint density at radius 1 is 1.09 bits per heavy atom. The molecule has 0 fully saturated rings. The summed E-state index contributed by atoms with van der Waals surface area (Å²) in [5.41, 5.74) is 3.42. The Bertz CT molecular complexity index is 1450. The van der Waals surface area contributed by atoms with E-state index in [1.807, 2.05) is 52.4 Å². The smallest absolute Gasteiger partial charge is 0.262 e. The molecule has 0 bridgehead atoms. The van der Waals surface area contributed by atoms with Crippen molar-refractivity contribution < 1.29 is 18.3 Å². The maximum absolute atomic E-state index is 14.3. The largest absolute Gasteiger partial charge is 0.482 e. The highest BCUT2D eigenvalue weighted by atomic mass is 35.5. The molecule has 0 saturated heterocycles. The minimum atomic E-state index is -0.729. The predicted molar refractivity (Wildman–Crippen MR) is 129 cm³/mol. The summed E-state index contributed by atoms with van der Waals surface area (Å²) in [6, 6.07) is 16.4. The van der Waals surface area contributed by atoms with Crippen molar-refractivity contribution in [2.24, 2.45) is 4.99 Å². The lowest BCUT2D eigenvalue weighted by Crippen LogP contribution is -2.25. The SMILES string of the molecule is O=C1COc2ccc(-c3csc(=Nc4ccc(F)cc4F)n3CCc3ccc(Cl)cc3)cc2N1. The number of halogens is 3. The summed E-state index contributed by atoms with van der Waals surface area (Å²) >= 11 is 7.36. The Morgan fingerprint density at radius 2 is 1.91 bits per heavy atom. The molecule has 0 radical (unpaired) electrons. The molecule has 172 valence electrons. The number of nitrogens with zero attached hydrogens (tertiary/aromatic N) is 2. The van der Waals surface area contributed by atoms with Gasteiger partial charge in [0.15, 0.2) is 17.2 Å². The zero-order valence-electron chi connectivity index (χ0n) is 17.7. The average molecular weight is 498 g/mol. The van der Waals surface area contributed by atoms with Crippen molar-refractivity contribution in [3.05, 3.63) is 93.1 Å². The second-order valence-electron chi connectivity index (χ2n) is 7.69. The number of rotatable bonds is 5. The highest BCUT2D eigenvalue weighted by Gasteiger charge is 2.18. The van der Waals surface area contributed by atoms with Gasteiger partial charge in [0.2, 0.25) is 0 Å². The van der Waals surface area contributed by atoms with Crippen LogP contribution in [0, 0.1) is 11.6 Å². The minimum Gasteiger partial charge on any atom is -0.482 e. The van der Waals surface area contributed by atoms with Crippen molar-refractivity contribution in [2.75, 3.05) is 11.9 Å². The van der Waals surface area contributed by atoms with E-state index in [1.165, 1.54) is 23.5 Å². The number of hydrogen-bond acceptors (Lipinski definition) is 4. The number of anilines is 1. The predicted octanol–water partition coefficient (Wildman–Crippen LogP) is 5.95. The number of fused-ring (bicyclic) bond motifs is 1. The normalized spacial score (nSPS) is 13.4. The third kappa shape index (κ3) is 4.73. The number of aryl methyl sites for hydroxylation is 1. The van der Waals surface area contributed by atoms with E-state index < -0.39 is 11.6 Å². The van der Waals surface area contributed by atoms with Gasteiger partial charge in [0.1, 0.15) is 17.3 Å². The monoisotopic (exact) mass is 497 g/mol. The van der Waals surface area contributed by atoms with Crippen LogP contribution < -0.4 is 14.9 Å². The Hall–Kier alpha value is -3.49. The van der Waals surface area contributed by atoms with Crippen LogP contribution in [0.3, 0.4) is 0 Å². The standard InChI is InChI=1S/C25H18ClF2N3O2S/c26-17-4-1-15(2-5-17)9-10-31-22(16-3-8-23-21(11-16)29-24(32)13-33-23)14-34-25(31)30-20-7-6-18(27)12-19(20)28/h1-8,11-12,14H,9-10,13H2,(H,29,32). The zero-order valence-corrected chi connectivity index (χ0v) is 19.3. The number of nitrogens with one attached hydrogen (secondary N) is 1. The van der Waals surface area contributed by atoms with Crippen LogP contribution in [0.5, 0.6) is 5.75 Å². The van der Waals surface area contributed by atoms with Crippen LogP contribution in [-0.2, 0) is 17.8 Å². The molecule has 34 heavy (non-hydrogen) atoms. The minimum absolute atomic E-state index is 0.0157. The highest BCUT2D eigenvalue weighted by molar-refractivity contribution is 7.07. The lowest BCUT2D eigenvalue weighted by atomic mass is 10.1. The first-order valence-corrected chi connectivity index (χ1v) is 11.7. The third-order valence-electron chi connectivity index (χ3n) is 5.37. The Balaban J connectivity index is 1.57. The zero-order chi connectivity index (χ0) is 23.7. The van der Waals surface area contributed by atoms with Gasteiger partial charge in [0, 0.05) is 28.6 Å². The van der Waals surface area contributed by atoms with Crippen molar-refractivity contribution in [1.29, 1.82) is 0 Å². The van der Waals surface area contributed by atoms with Gasteiger partial charge in [-0.2, -0.15) is 0 Å². The Labute approximate surface area is 202 Å². The molecule has 9 heteroatoms. The molecule has 1 aromatic heterocycles. The van der Waals surface area contributed by atoms with E-state index >= 15 is 0 Å². The van der Waals surface area contributed by atoms with E-state index in [0.29, 0.717) is 34.2 Å². The van der Waals surface area contributed by atoms with Gasteiger partial charge in [-0.25, -0.2) is 13.8 Å². The maximum Gasteiger partial charge on any atom is 0.262 e. The molecule has 0 spiro atoms. The lowest BCUT2D eigenvalue weighted by Gasteiger charge is -2.19. The summed E-state index contributed by atoms with van der Waals surface area (Å²) in [5.74, 6) is -0.997. The van der Waals surface area contributed by atoms with Crippen LogP contribution in [0.1, 0.15) is 5.56 Å². The second kappa shape index (κ2) is 9.40. The van der Waals surface area contributed by atoms with E-state index in [4.69, 9.17) is 16.3 Å². The van der Waals surface area contributed by atoms with Crippen molar-refractivity contribution in [3.8, 4) is 17.0 Å². The van der Waals surface area contributed by atoms with E-state index in [-0.39, 0.29) is 18.2 Å². The van der Waals surface area contributed by atoms with Gasteiger partial charge in [-0.1, -0.05) is 23.7 Å². The van der Waals surface area contributed by atoms with Gasteiger partial charge >= 0.3 is 0 Å². The maximum atomic E-state index is 14.3. The Kier molecular flexibility index (Phi) is 6.17. The molecule has 0 unspecified atom stereocenters. The van der Waals surface area contributed by atoms with Crippen molar-refractivity contribution in [1.82, 2.24) is 4.57 Å². The number of carbonyl (C=O) groups is 1. The van der Waals surface area contributed by atoms with Crippen LogP contribution in [0.4, 0.5) is 20.2 Å². The van der Waals surface area contributed by atoms with Crippen LogP contribution in [-0.4, -0.2) is 17.1 Å². The van der Waals surface area contributed by atoms with E-state index in [1.54, 1.807) is 0 Å². The molecular weight excluding hydrogens is 480 g/mol. The second-order valence-corrected chi connectivity index (χ2v) is 8.96. The van der Waals surface area contributed by atoms with Gasteiger partial charge in [0.25, 0.3) is 5.91 Å². The molecule has 1 aliphatic heterocycles. The van der Waals surface area contributed by atoms with E-state index in [9.17, 15) is 13.6 Å². The molecule has 0 aliphatic carbocycles. The quantitative estimate of drug-likeness (QED) is 0.370. The average Bonchev–Trinajstić information content (AvgIpc) is 3.22. The summed E-state index contributed by atoms with van der Waals surface area (Å²) in [6.45, 7) is 0.542. The molecule has 1 amide bonds. The molecule has 5 nitrogen and oxygen atoms in total. The summed E-state index contributed by atoms with van der Waals surface area (Å²) in [6.07, 6.45) is 0.685. The summed E-state index contributed by atoms with van der Waals surface area (Å²) < 4.78 is 35.1. The molecular formula is C25H18ClF2N3O2S. The first-order valence-electron chi connectivity index (χ1n) is 10.5. The fraction of sp³-hybridized carbons (Fsp3) is 0.120. The highest BCUT2D eigenvalue weighted by Crippen LogP contribution is 2.33. The van der Waals surface area contributed by atoms with Crippen molar-refractivity contribution in [3.63, 3.8) is 0 Å². The molecule has 4 aromatic rings. The van der Waals surface area contributed by atoms with Gasteiger partial charge in [0.05, 0.1) is 11.4 Å². The number of thiazole rings is 1. The first-order chi connectivity index (χ1) is 16.5. The third-order valence-corrected chi connectivity index (χ3v) is 6.48. The number of ether oxygens (including phenoxy) is 1. The van der Waals surface area contributed by atoms with Crippen LogP contribution in [0.25, 0.3) is 11.3 Å². The van der Waals surface area contributed by atoms with Gasteiger partial charge in [-0.05, 0) is 54.4 Å². The molecule has 1 N–H and O–H groups in total. The molecule has 0 saturated carbocycles. The molecule has 0 atom stereocenters. The van der Waals surface area contributed by atoms with Crippen LogP contribution in [0.15, 0.2) is 71.0 Å². The van der Waals surface area contributed by atoms with Crippen molar-refractivity contribution >= 4 is 40.2 Å². The van der Waals surface area contributed by atoms with Gasteiger partial charge < -0.3 is 14.6 Å². The summed E-state index contributed by atoms with van der Waals surface area (Å²) in [4.78, 5) is 16.8. The van der Waals surface area contributed by atoms with Crippen LogP contribution >= 0.6 is 22.9 Å². The Morgan fingerprint density at radius 3 is 2.71 bits per heavy atom. The number of benzene rings is 3. The number of amides is 1. The fourth-order valence-electron chi connectivity index (χ4n) is 3.67. The molecule has 1 aliphatic rings. The summed E-state index contributed by atoms with van der Waals surface area (Å²) in [5, 5.41) is 5.41. The van der Waals surface area contributed by atoms with Crippen molar-refractivity contribution in [2.45, 2.75) is 13.0 Å². The van der Waals surface area contributed by atoms with Gasteiger partial charge in [-0.3, -0.25) is 4.79 Å². The number of aromatic nitrogens is 1. The number of hydrogen-bond donors (Lipinski definition) is 1. The van der Waals surface area contributed by atoms with Crippen LogP contribution in [0.2, 0.25) is 5.02 Å². The fourth-order valence-corrected chi connectivity index (χ4v) is 4.75.